The molecule has 1 aliphatic rings. The zero-order chi connectivity index (χ0) is 27.1. The summed E-state index contributed by atoms with van der Waals surface area (Å²) in [7, 11) is 0. The predicted molar refractivity (Wildman–Crippen MR) is 144 cm³/mol. The maximum atomic E-state index is 15.5. The molecule has 0 atom stereocenters. The fraction of sp³-hybridized carbons (Fsp3) is 0.172. The lowest BCUT2D eigenvalue weighted by atomic mass is 10.0. The molecule has 0 unspecified atom stereocenters. The Labute approximate surface area is 232 Å². The number of ether oxygens (including phenoxy) is 2. The first kappa shape index (κ1) is 25.6. The Morgan fingerprint density at radius 1 is 1.03 bits per heavy atom. The molecule has 0 aliphatic heterocycles. The Bertz CT molecular complexity index is 1650. The largest absolute Gasteiger partial charge is 0.486 e. The number of fused-ring (bicyclic) bond motifs is 1. The highest BCUT2D eigenvalue weighted by molar-refractivity contribution is 6.39. The number of hydrogen-bond donors (Lipinski definition) is 2. The third-order valence-electron chi connectivity index (χ3n) is 6.51. The fourth-order valence-electron chi connectivity index (χ4n) is 4.35. The lowest BCUT2D eigenvalue weighted by molar-refractivity contribution is -0.0427. The van der Waals surface area contributed by atoms with E-state index >= 15 is 4.39 Å². The number of benzene rings is 3. The van der Waals surface area contributed by atoms with Crippen LogP contribution in [0.25, 0.3) is 22.0 Å². The average Bonchev–Trinajstić information content (AvgIpc) is 3.69. The lowest BCUT2D eigenvalue weighted by Gasteiger charge is -2.12. The Kier molecular flexibility index (Phi) is 6.86. The molecular weight excluding hydrogens is 546 g/mol. The van der Waals surface area contributed by atoms with E-state index in [0.29, 0.717) is 49.1 Å². The van der Waals surface area contributed by atoms with Gasteiger partial charge >= 0.3 is 0 Å². The molecule has 7 nitrogen and oxygen atoms in total. The van der Waals surface area contributed by atoms with Crippen LogP contribution < -0.4 is 9.47 Å². The van der Waals surface area contributed by atoms with Crippen molar-refractivity contribution in [2.45, 2.75) is 31.7 Å². The van der Waals surface area contributed by atoms with Gasteiger partial charge in [0.15, 0.2) is 17.9 Å². The van der Waals surface area contributed by atoms with Crippen molar-refractivity contribution in [1.82, 2.24) is 10.1 Å². The third-order valence-corrected chi connectivity index (χ3v) is 7.14. The quantitative estimate of drug-likeness (QED) is 0.187. The van der Waals surface area contributed by atoms with Gasteiger partial charge in [-0.25, -0.2) is 9.37 Å². The van der Waals surface area contributed by atoms with Crippen LogP contribution in [0.2, 0.25) is 10.0 Å². The minimum Gasteiger partial charge on any atom is -0.486 e. The summed E-state index contributed by atoms with van der Waals surface area (Å²) in [6, 6.07) is 16.4. The molecule has 2 N–H and O–H groups in total. The summed E-state index contributed by atoms with van der Waals surface area (Å²) in [6.07, 6.45) is 1.66. The van der Waals surface area contributed by atoms with E-state index in [1.165, 1.54) is 18.3 Å². The van der Waals surface area contributed by atoms with Gasteiger partial charge in [-0.1, -0.05) is 40.5 Å². The van der Waals surface area contributed by atoms with Gasteiger partial charge in [-0.2, -0.15) is 0 Å². The van der Waals surface area contributed by atoms with Gasteiger partial charge in [0.05, 0.1) is 15.6 Å². The number of rotatable bonds is 8. The number of pyridine rings is 1. The topological polar surface area (TPSA) is 97.8 Å². The maximum absolute atomic E-state index is 15.5. The molecule has 0 radical (unpaired) electrons. The molecule has 1 fully saturated rings. The molecule has 1 saturated carbocycles. The van der Waals surface area contributed by atoms with Gasteiger partial charge < -0.3 is 24.2 Å². The maximum Gasteiger partial charge on any atom is 0.219 e. The van der Waals surface area contributed by atoms with Crippen molar-refractivity contribution in [2.24, 2.45) is 0 Å². The van der Waals surface area contributed by atoms with E-state index in [1.54, 1.807) is 48.5 Å². The predicted octanol–water partition coefficient (Wildman–Crippen LogP) is 7.57. The van der Waals surface area contributed by atoms with E-state index in [-0.39, 0.29) is 29.7 Å². The number of aliphatic hydroxyl groups is 2. The van der Waals surface area contributed by atoms with E-state index in [4.69, 9.17) is 37.2 Å². The first-order valence-corrected chi connectivity index (χ1v) is 12.9. The summed E-state index contributed by atoms with van der Waals surface area (Å²) in [5, 5.41) is 24.5. The molecule has 0 saturated heterocycles. The highest BCUT2D eigenvalue weighted by atomic mass is 35.5. The van der Waals surface area contributed by atoms with E-state index in [9.17, 15) is 10.2 Å². The number of aromatic nitrogens is 2. The zero-order valence-corrected chi connectivity index (χ0v) is 21.8. The van der Waals surface area contributed by atoms with Crippen LogP contribution in [0.4, 0.5) is 4.39 Å². The average molecular weight is 567 g/mol. The molecular formula is C29H21Cl2FN2O5. The van der Waals surface area contributed by atoms with Gasteiger partial charge in [-0.05, 0) is 60.7 Å². The normalized spacial score (nSPS) is 13.3. The first-order valence-electron chi connectivity index (χ1n) is 12.2. The van der Waals surface area contributed by atoms with Gasteiger partial charge in [0.1, 0.15) is 23.8 Å². The molecule has 198 valence electrons. The molecule has 0 bridgehead atoms. The van der Waals surface area contributed by atoms with Crippen molar-refractivity contribution < 1.29 is 28.6 Å². The van der Waals surface area contributed by atoms with Crippen molar-refractivity contribution >= 4 is 34.0 Å². The molecule has 10 heteroatoms. The van der Waals surface area contributed by atoms with Crippen LogP contribution >= 0.6 is 23.2 Å². The van der Waals surface area contributed by atoms with Crippen LogP contribution in [0.3, 0.4) is 0 Å². The highest BCUT2D eigenvalue weighted by Crippen LogP contribution is 2.46. The smallest absolute Gasteiger partial charge is 0.219 e. The minimum atomic E-state index is -1.61. The standard InChI is InChI=1S/C29H21Cl2FN2O5/c30-21-2-1-3-22(31)25(21)27-20(28(39-34-27)15-4-5-15)14-37-23-10-6-16-12-18(8-9-19(16)26(23)32)38-24-11-7-17(13-33-24)29(35)36/h1-3,6-13,15,29,35-36H,4-5,14H2. The van der Waals surface area contributed by atoms with Gasteiger partial charge in [0.2, 0.25) is 5.88 Å². The van der Waals surface area contributed by atoms with Crippen LogP contribution in [-0.2, 0) is 6.61 Å². The van der Waals surface area contributed by atoms with Crippen molar-refractivity contribution in [3.63, 3.8) is 0 Å². The Hall–Kier alpha value is -3.69. The van der Waals surface area contributed by atoms with Gasteiger partial charge in [-0.3, -0.25) is 0 Å². The second-order valence-electron chi connectivity index (χ2n) is 9.20. The SMILES string of the molecule is OC(O)c1ccc(Oc2ccc3c(F)c(OCc4c(-c5c(Cl)cccc5Cl)noc4C4CC4)ccc3c2)nc1. The summed E-state index contributed by atoms with van der Waals surface area (Å²) in [5.41, 5.74) is 1.99. The third kappa shape index (κ3) is 5.16. The van der Waals surface area contributed by atoms with Crippen LogP contribution in [0.1, 0.15) is 41.9 Å². The van der Waals surface area contributed by atoms with Gasteiger partial charge in [-0.15, -0.1) is 0 Å². The van der Waals surface area contributed by atoms with Crippen LogP contribution in [-0.4, -0.2) is 20.4 Å². The van der Waals surface area contributed by atoms with Crippen LogP contribution in [0.15, 0.2) is 71.4 Å². The van der Waals surface area contributed by atoms with Crippen molar-refractivity contribution in [1.29, 1.82) is 0 Å². The molecule has 0 spiro atoms. The molecule has 6 rings (SSSR count). The fourth-order valence-corrected chi connectivity index (χ4v) is 4.93. The van der Waals surface area contributed by atoms with E-state index in [1.807, 2.05) is 0 Å². The summed E-state index contributed by atoms with van der Waals surface area (Å²) >= 11 is 12.9. The number of aliphatic hydroxyl groups excluding tert-OH is 1. The molecule has 3 aromatic carbocycles. The molecule has 0 amide bonds. The monoisotopic (exact) mass is 566 g/mol. The van der Waals surface area contributed by atoms with Crippen LogP contribution in [0.5, 0.6) is 17.4 Å². The summed E-state index contributed by atoms with van der Waals surface area (Å²) in [5.74, 6) is 1.22. The minimum absolute atomic E-state index is 0.0278. The van der Waals surface area contributed by atoms with Crippen LogP contribution in [0, 0.1) is 5.82 Å². The Morgan fingerprint density at radius 3 is 2.51 bits per heavy atom. The zero-order valence-electron chi connectivity index (χ0n) is 20.3. The van der Waals surface area contributed by atoms with Crippen molar-refractivity contribution in [3.05, 3.63) is 99.6 Å². The Morgan fingerprint density at radius 2 is 1.82 bits per heavy atom. The van der Waals surface area contributed by atoms with E-state index < -0.39 is 12.1 Å². The summed E-state index contributed by atoms with van der Waals surface area (Å²) in [6.45, 7) is 0.0278. The lowest BCUT2D eigenvalue weighted by Crippen LogP contribution is -2.01. The van der Waals surface area contributed by atoms with Gasteiger partial charge in [0, 0.05) is 34.7 Å². The molecule has 39 heavy (non-hydrogen) atoms. The number of halogens is 3. The Balaban J connectivity index is 1.25. The van der Waals surface area contributed by atoms with Gasteiger partial charge in [0.25, 0.3) is 0 Å². The first-order chi connectivity index (χ1) is 18.9. The number of nitrogens with zero attached hydrogens (tertiary/aromatic N) is 2. The van der Waals surface area contributed by atoms with E-state index in [2.05, 4.69) is 10.1 Å². The molecule has 2 aromatic heterocycles. The highest BCUT2D eigenvalue weighted by Gasteiger charge is 2.33. The number of hydrogen-bond acceptors (Lipinski definition) is 7. The van der Waals surface area contributed by atoms with E-state index in [0.717, 1.165) is 12.8 Å². The molecule has 5 aromatic rings. The van der Waals surface area contributed by atoms with Crippen molar-refractivity contribution in [3.8, 4) is 28.6 Å². The summed E-state index contributed by atoms with van der Waals surface area (Å²) in [4.78, 5) is 4.05. The second-order valence-corrected chi connectivity index (χ2v) is 10.0. The molecule has 2 heterocycles. The second kappa shape index (κ2) is 10.5. The van der Waals surface area contributed by atoms with Crippen molar-refractivity contribution in [2.75, 3.05) is 0 Å². The molecule has 1 aliphatic carbocycles. The summed E-state index contributed by atoms with van der Waals surface area (Å²) < 4.78 is 32.9.